The highest BCUT2D eigenvalue weighted by Crippen LogP contribution is 2.20. The van der Waals surface area contributed by atoms with E-state index in [1.165, 1.54) is 0 Å². The zero-order valence-electron chi connectivity index (χ0n) is 15.3. The summed E-state index contributed by atoms with van der Waals surface area (Å²) in [6.45, 7) is 8.62. The van der Waals surface area contributed by atoms with E-state index in [1.807, 2.05) is 39.8 Å². The quantitative estimate of drug-likeness (QED) is 0.673. The number of carbonyl (C=O) groups excluding carboxylic acids is 1. The van der Waals surface area contributed by atoms with Gasteiger partial charge in [0.25, 0.3) is 0 Å². The van der Waals surface area contributed by atoms with Gasteiger partial charge in [-0.25, -0.2) is 14.5 Å². The van der Waals surface area contributed by atoms with Gasteiger partial charge in [-0.05, 0) is 50.3 Å². The van der Waals surface area contributed by atoms with Crippen LogP contribution in [-0.4, -0.2) is 39.1 Å². The summed E-state index contributed by atoms with van der Waals surface area (Å²) in [7, 11) is 0. The number of hydrogen-bond donors (Lipinski definition) is 3. The average Bonchev–Trinajstić information content (AvgIpc) is 2.91. The van der Waals surface area contributed by atoms with Crippen LogP contribution in [0.5, 0.6) is 0 Å². The molecule has 0 bridgehead atoms. The number of nitrogens with one attached hydrogen (secondary N) is 2. The van der Waals surface area contributed by atoms with Crippen molar-refractivity contribution in [3.8, 4) is 5.82 Å². The zero-order chi connectivity index (χ0) is 18.4. The number of aliphatic hydroxyl groups is 1. The molecule has 2 aromatic heterocycles. The molecule has 0 aliphatic carbocycles. The van der Waals surface area contributed by atoms with Crippen LogP contribution in [0.2, 0.25) is 0 Å². The van der Waals surface area contributed by atoms with Gasteiger partial charge in [-0.15, -0.1) is 0 Å². The van der Waals surface area contributed by atoms with E-state index in [0.717, 1.165) is 24.2 Å². The summed E-state index contributed by atoms with van der Waals surface area (Å²) in [5.74, 6) is 0.711. The number of carbonyl (C=O) groups is 1. The minimum absolute atomic E-state index is 0.110. The molecule has 0 fully saturated rings. The van der Waals surface area contributed by atoms with Crippen LogP contribution in [0.3, 0.4) is 0 Å². The number of amides is 2. The molecule has 0 aliphatic heterocycles. The normalized spacial score (nSPS) is 11.4. The van der Waals surface area contributed by atoms with E-state index in [9.17, 15) is 9.90 Å². The lowest BCUT2D eigenvalue weighted by atomic mass is 9.89. The number of aliphatic hydroxyl groups excluding tert-OH is 1. The third-order valence-corrected chi connectivity index (χ3v) is 3.98. The van der Waals surface area contributed by atoms with Crippen LogP contribution >= 0.6 is 0 Å². The van der Waals surface area contributed by atoms with Crippen LogP contribution < -0.4 is 10.6 Å². The van der Waals surface area contributed by atoms with Crippen molar-refractivity contribution in [1.29, 1.82) is 0 Å². The Morgan fingerprint density at radius 2 is 2.08 bits per heavy atom. The molecular formula is C18H27N5O2. The number of aromatic nitrogens is 3. The van der Waals surface area contributed by atoms with E-state index in [-0.39, 0.29) is 18.1 Å². The molecule has 0 unspecified atom stereocenters. The summed E-state index contributed by atoms with van der Waals surface area (Å²) in [6, 6.07) is 5.34. The second kappa shape index (κ2) is 8.11. The van der Waals surface area contributed by atoms with E-state index >= 15 is 0 Å². The number of hydrogen-bond acceptors (Lipinski definition) is 4. The number of aryl methyl sites for hydroxylation is 2. The van der Waals surface area contributed by atoms with Crippen LogP contribution in [-0.2, 0) is 0 Å². The zero-order valence-corrected chi connectivity index (χ0v) is 15.3. The van der Waals surface area contributed by atoms with Crippen molar-refractivity contribution in [1.82, 2.24) is 20.1 Å². The molecule has 0 saturated heterocycles. The third-order valence-electron chi connectivity index (χ3n) is 3.98. The Hall–Kier alpha value is -2.41. The summed E-state index contributed by atoms with van der Waals surface area (Å²) in [5, 5.41) is 19.2. The number of nitrogens with zero attached hydrogens (tertiary/aromatic N) is 3. The molecule has 0 atom stereocenters. The molecule has 2 heterocycles. The molecule has 7 nitrogen and oxygen atoms in total. The van der Waals surface area contributed by atoms with Crippen molar-refractivity contribution >= 4 is 11.7 Å². The molecule has 7 heteroatoms. The van der Waals surface area contributed by atoms with Gasteiger partial charge >= 0.3 is 6.03 Å². The Kier molecular flexibility index (Phi) is 6.14. The molecule has 2 amide bonds. The molecule has 25 heavy (non-hydrogen) atoms. The lowest BCUT2D eigenvalue weighted by Gasteiger charge is -2.21. The van der Waals surface area contributed by atoms with E-state index < -0.39 is 0 Å². The van der Waals surface area contributed by atoms with Crippen LogP contribution in [0.25, 0.3) is 5.82 Å². The fourth-order valence-corrected chi connectivity index (χ4v) is 2.47. The highest BCUT2D eigenvalue weighted by molar-refractivity contribution is 5.89. The first kappa shape index (κ1) is 18.9. The smallest absolute Gasteiger partial charge is 0.319 e. The van der Waals surface area contributed by atoms with E-state index in [1.54, 1.807) is 16.9 Å². The van der Waals surface area contributed by atoms with Gasteiger partial charge in [0.05, 0.1) is 17.6 Å². The van der Waals surface area contributed by atoms with E-state index in [4.69, 9.17) is 0 Å². The number of anilines is 1. The molecule has 0 aliphatic rings. The van der Waals surface area contributed by atoms with Crippen LogP contribution in [0.15, 0.2) is 24.4 Å². The second-order valence-electron chi connectivity index (χ2n) is 7.05. The van der Waals surface area contributed by atoms with Crippen molar-refractivity contribution < 1.29 is 9.90 Å². The van der Waals surface area contributed by atoms with Crippen LogP contribution in [0, 0.1) is 19.3 Å². The molecule has 0 aromatic carbocycles. The lowest BCUT2D eigenvalue weighted by Crippen LogP contribution is -2.30. The molecule has 2 rings (SSSR count). The first-order chi connectivity index (χ1) is 11.8. The van der Waals surface area contributed by atoms with Gasteiger partial charge in [-0.3, -0.25) is 0 Å². The summed E-state index contributed by atoms with van der Waals surface area (Å²) in [4.78, 5) is 16.2. The Morgan fingerprint density at radius 1 is 1.32 bits per heavy atom. The van der Waals surface area contributed by atoms with E-state index in [0.29, 0.717) is 18.1 Å². The van der Waals surface area contributed by atoms with Gasteiger partial charge in [0.1, 0.15) is 0 Å². The van der Waals surface area contributed by atoms with Crippen LogP contribution in [0.1, 0.15) is 38.1 Å². The van der Waals surface area contributed by atoms with Crippen molar-refractivity contribution in [2.45, 2.75) is 40.5 Å². The summed E-state index contributed by atoms with van der Waals surface area (Å²) >= 11 is 0. The Labute approximate surface area is 148 Å². The number of urea groups is 1. The van der Waals surface area contributed by atoms with Crippen molar-refractivity contribution in [3.05, 3.63) is 35.8 Å². The van der Waals surface area contributed by atoms with Gasteiger partial charge in [0, 0.05) is 18.8 Å². The van der Waals surface area contributed by atoms with Crippen molar-refractivity contribution in [3.63, 3.8) is 0 Å². The first-order valence-electron chi connectivity index (χ1n) is 8.46. The van der Waals surface area contributed by atoms with Crippen LogP contribution in [0.4, 0.5) is 10.5 Å². The predicted molar refractivity (Wildman–Crippen MR) is 98.0 cm³/mol. The maximum absolute atomic E-state index is 11.9. The molecule has 0 radical (unpaired) electrons. The standard InChI is InChI=1S/C18H27N5O2/c1-13-10-14(2)23(22-13)16-7-6-15(11-20-16)21-17(25)19-9-5-8-18(3,4)12-24/h6-7,10-11,24H,5,8-9,12H2,1-4H3,(H2,19,21,25). The van der Waals surface area contributed by atoms with Crippen molar-refractivity contribution in [2.75, 3.05) is 18.5 Å². The minimum Gasteiger partial charge on any atom is -0.396 e. The Bertz CT molecular complexity index is 707. The van der Waals surface area contributed by atoms with Gasteiger partial charge in [0.2, 0.25) is 0 Å². The molecular weight excluding hydrogens is 318 g/mol. The lowest BCUT2D eigenvalue weighted by molar-refractivity contribution is 0.148. The summed E-state index contributed by atoms with van der Waals surface area (Å²) in [5.41, 5.74) is 2.46. The average molecular weight is 345 g/mol. The Balaban J connectivity index is 1.83. The molecule has 2 aromatic rings. The fraction of sp³-hybridized carbons (Fsp3) is 0.500. The van der Waals surface area contributed by atoms with Crippen molar-refractivity contribution in [2.24, 2.45) is 5.41 Å². The van der Waals surface area contributed by atoms with Gasteiger partial charge in [-0.2, -0.15) is 5.10 Å². The molecule has 0 spiro atoms. The largest absolute Gasteiger partial charge is 0.396 e. The predicted octanol–water partition coefficient (Wildman–Crippen LogP) is 2.80. The minimum atomic E-state index is -0.262. The molecule has 0 saturated carbocycles. The number of pyridine rings is 1. The summed E-state index contributed by atoms with van der Waals surface area (Å²) < 4.78 is 1.77. The molecule has 136 valence electrons. The first-order valence-corrected chi connectivity index (χ1v) is 8.46. The topological polar surface area (TPSA) is 92.1 Å². The maximum atomic E-state index is 11.9. The molecule has 3 N–H and O–H groups in total. The van der Waals surface area contributed by atoms with E-state index in [2.05, 4.69) is 20.7 Å². The Morgan fingerprint density at radius 3 is 2.64 bits per heavy atom. The highest BCUT2D eigenvalue weighted by Gasteiger charge is 2.15. The fourth-order valence-electron chi connectivity index (χ4n) is 2.47. The third kappa shape index (κ3) is 5.56. The maximum Gasteiger partial charge on any atom is 0.319 e. The monoisotopic (exact) mass is 345 g/mol. The number of rotatable bonds is 7. The SMILES string of the molecule is Cc1cc(C)n(-c2ccc(NC(=O)NCCCC(C)(C)CO)cn2)n1. The van der Waals surface area contributed by atoms with Gasteiger partial charge in [-0.1, -0.05) is 13.8 Å². The highest BCUT2D eigenvalue weighted by atomic mass is 16.3. The second-order valence-corrected chi connectivity index (χ2v) is 7.05. The van der Waals surface area contributed by atoms with Gasteiger partial charge in [0.15, 0.2) is 5.82 Å². The summed E-state index contributed by atoms with van der Waals surface area (Å²) in [6.07, 6.45) is 3.28. The van der Waals surface area contributed by atoms with Gasteiger partial charge < -0.3 is 15.7 Å².